The van der Waals surface area contributed by atoms with Crippen LogP contribution in [0.3, 0.4) is 0 Å². The van der Waals surface area contributed by atoms with Gasteiger partial charge in [-0.05, 0) is 50.7 Å². The first-order chi connectivity index (χ1) is 18.0. The third kappa shape index (κ3) is 4.55. The van der Waals surface area contributed by atoms with Crippen LogP contribution in [0.25, 0.3) is 22.3 Å². The number of rotatable bonds is 7. The largest absolute Gasteiger partial charge is 0.492 e. The monoisotopic (exact) mass is 507 g/mol. The molecular weight excluding hydrogens is 478 g/mol. The third-order valence-electron chi connectivity index (χ3n) is 7.12. The van der Waals surface area contributed by atoms with Crippen molar-refractivity contribution in [1.29, 1.82) is 0 Å². The Kier molecular flexibility index (Phi) is 6.07. The van der Waals surface area contributed by atoms with Gasteiger partial charge < -0.3 is 34.5 Å². The summed E-state index contributed by atoms with van der Waals surface area (Å²) in [7, 11) is 0. The summed E-state index contributed by atoms with van der Waals surface area (Å²) in [6, 6.07) is 3.62. The van der Waals surface area contributed by atoms with Crippen LogP contribution >= 0.6 is 0 Å². The van der Waals surface area contributed by atoms with Crippen molar-refractivity contribution in [2.75, 3.05) is 26.5 Å². The molecule has 2 aliphatic heterocycles. The summed E-state index contributed by atoms with van der Waals surface area (Å²) < 4.78 is 17.5. The molecule has 2 amide bonds. The number of aromatic amines is 1. The van der Waals surface area contributed by atoms with Gasteiger partial charge in [-0.1, -0.05) is 0 Å². The van der Waals surface area contributed by atoms with Crippen LogP contribution in [0.5, 0.6) is 17.2 Å². The number of carbonyl (C=O) groups is 2. The van der Waals surface area contributed by atoms with Crippen LogP contribution in [0.2, 0.25) is 0 Å². The minimum absolute atomic E-state index is 0.0813. The van der Waals surface area contributed by atoms with Gasteiger partial charge in [0.15, 0.2) is 11.5 Å². The first-order valence-corrected chi connectivity index (χ1v) is 12.6. The molecule has 3 aliphatic rings. The minimum atomic E-state index is -1.02. The minimum Gasteiger partial charge on any atom is -0.492 e. The molecule has 11 heteroatoms. The summed E-state index contributed by atoms with van der Waals surface area (Å²) in [5.74, 6) is 1.86. The van der Waals surface area contributed by atoms with Gasteiger partial charge in [-0.25, -0.2) is 9.97 Å². The fourth-order valence-corrected chi connectivity index (χ4v) is 4.86. The van der Waals surface area contributed by atoms with Crippen LogP contribution in [-0.4, -0.2) is 75.4 Å². The molecule has 1 atom stereocenters. The zero-order chi connectivity index (χ0) is 25.5. The predicted molar refractivity (Wildman–Crippen MR) is 132 cm³/mol. The lowest BCUT2D eigenvalue weighted by molar-refractivity contribution is -0.140. The Hall–Kier alpha value is -3.86. The lowest BCUT2D eigenvalue weighted by Gasteiger charge is -2.33. The predicted octanol–water partition coefficient (Wildman–Crippen LogP) is 2.24. The molecule has 2 fully saturated rings. The topological polar surface area (TPSA) is 139 Å². The molecule has 3 N–H and O–H groups in total. The van der Waals surface area contributed by atoms with Crippen molar-refractivity contribution in [2.24, 2.45) is 5.92 Å². The molecule has 1 saturated heterocycles. The fraction of sp³-hybridized carbons (Fsp3) is 0.462. The highest BCUT2D eigenvalue weighted by atomic mass is 16.7. The van der Waals surface area contributed by atoms with Gasteiger partial charge in [0.25, 0.3) is 11.8 Å². The van der Waals surface area contributed by atoms with E-state index in [-0.39, 0.29) is 24.6 Å². The number of piperidine rings is 1. The Balaban J connectivity index is 1.25. The number of aromatic nitrogens is 3. The molecule has 0 unspecified atom stereocenters. The Morgan fingerprint density at radius 3 is 2.78 bits per heavy atom. The molecule has 0 spiro atoms. The van der Waals surface area contributed by atoms with E-state index in [2.05, 4.69) is 20.3 Å². The number of amides is 2. The zero-order valence-corrected chi connectivity index (χ0v) is 20.5. The molecule has 0 bridgehead atoms. The SMILES string of the molecule is C[C@H](O)C(=O)N1CCC(NC(=O)c2c[nH]c3c(-c4c(OCC5CC5)ccc5c4OCO5)ncnc23)CC1. The molecule has 3 aromatic rings. The van der Waals surface area contributed by atoms with Crippen LogP contribution < -0.4 is 19.5 Å². The summed E-state index contributed by atoms with van der Waals surface area (Å²) in [5, 5.41) is 12.6. The Bertz CT molecular complexity index is 1340. The number of aliphatic hydroxyl groups is 1. The molecule has 1 aliphatic carbocycles. The second-order valence-corrected chi connectivity index (χ2v) is 9.82. The zero-order valence-electron chi connectivity index (χ0n) is 20.5. The number of ether oxygens (including phenoxy) is 3. The molecule has 1 saturated carbocycles. The third-order valence-corrected chi connectivity index (χ3v) is 7.12. The molecule has 6 rings (SSSR count). The number of H-pyrrole nitrogens is 1. The standard InChI is InChI=1S/C26H29N5O6/c1-14(32)26(34)31-8-6-16(7-9-31)30-25(33)17-10-27-23-21(17)28-12-29-22(23)20-18(35-11-15-2-3-15)4-5-19-24(20)37-13-36-19/h4-5,10,12,14-16,27,32H,2-3,6-9,11,13H2,1H3,(H,30,33)/t14-/m0/s1. The number of nitrogens with zero attached hydrogens (tertiary/aromatic N) is 3. The molecular formula is C26H29N5O6. The van der Waals surface area contributed by atoms with Gasteiger partial charge in [-0.3, -0.25) is 9.59 Å². The molecule has 194 valence electrons. The number of likely N-dealkylation sites (tertiary alicyclic amines) is 1. The lowest BCUT2D eigenvalue weighted by Crippen LogP contribution is -2.48. The highest BCUT2D eigenvalue weighted by Gasteiger charge is 2.30. The second kappa shape index (κ2) is 9.55. The van der Waals surface area contributed by atoms with Crippen LogP contribution in [-0.2, 0) is 4.79 Å². The first kappa shape index (κ1) is 23.5. The number of hydrogen-bond acceptors (Lipinski definition) is 8. The Labute approximate surface area is 213 Å². The van der Waals surface area contributed by atoms with Gasteiger partial charge in [0.1, 0.15) is 29.4 Å². The van der Waals surface area contributed by atoms with E-state index in [1.807, 2.05) is 12.1 Å². The molecule has 37 heavy (non-hydrogen) atoms. The molecule has 0 radical (unpaired) electrons. The number of aliphatic hydroxyl groups excluding tert-OH is 1. The molecule has 11 nitrogen and oxygen atoms in total. The Morgan fingerprint density at radius 1 is 1.22 bits per heavy atom. The summed E-state index contributed by atoms with van der Waals surface area (Å²) >= 11 is 0. The molecule has 2 aromatic heterocycles. The highest BCUT2D eigenvalue weighted by Crippen LogP contribution is 2.48. The molecule has 1 aromatic carbocycles. The lowest BCUT2D eigenvalue weighted by atomic mass is 10.0. The van der Waals surface area contributed by atoms with E-state index in [0.717, 1.165) is 0 Å². The number of benzene rings is 1. The summed E-state index contributed by atoms with van der Waals surface area (Å²) in [6.45, 7) is 3.18. The van der Waals surface area contributed by atoms with Crippen molar-refractivity contribution in [1.82, 2.24) is 25.2 Å². The normalized spacial score (nSPS) is 18.2. The van der Waals surface area contributed by atoms with E-state index >= 15 is 0 Å². The van der Waals surface area contributed by atoms with Crippen LogP contribution in [0.4, 0.5) is 0 Å². The maximum Gasteiger partial charge on any atom is 0.255 e. The smallest absolute Gasteiger partial charge is 0.255 e. The summed E-state index contributed by atoms with van der Waals surface area (Å²) in [4.78, 5) is 39.0. The van der Waals surface area contributed by atoms with E-state index in [0.29, 0.717) is 83.6 Å². The van der Waals surface area contributed by atoms with E-state index in [1.165, 1.54) is 26.1 Å². The molecule has 4 heterocycles. The van der Waals surface area contributed by atoms with Crippen LogP contribution in [0.15, 0.2) is 24.7 Å². The van der Waals surface area contributed by atoms with Crippen LogP contribution in [0.1, 0.15) is 43.0 Å². The maximum atomic E-state index is 13.2. The van der Waals surface area contributed by atoms with Gasteiger partial charge in [0, 0.05) is 25.3 Å². The fourth-order valence-electron chi connectivity index (χ4n) is 4.86. The number of carbonyl (C=O) groups excluding carboxylic acids is 2. The van der Waals surface area contributed by atoms with Crippen molar-refractivity contribution in [2.45, 2.75) is 44.8 Å². The maximum absolute atomic E-state index is 13.2. The Morgan fingerprint density at radius 2 is 2.03 bits per heavy atom. The average Bonchev–Trinajstić information content (AvgIpc) is 3.42. The second-order valence-electron chi connectivity index (χ2n) is 9.82. The highest BCUT2D eigenvalue weighted by molar-refractivity contribution is 6.08. The van der Waals surface area contributed by atoms with E-state index in [4.69, 9.17) is 14.2 Å². The van der Waals surface area contributed by atoms with E-state index in [9.17, 15) is 14.7 Å². The van der Waals surface area contributed by atoms with Crippen molar-refractivity contribution >= 4 is 22.8 Å². The van der Waals surface area contributed by atoms with E-state index in [1.54, 1.807) is 11.1 Å². The van der Waals surface area contributed by atoms with Gasteiger partial charge in [0.2, 0.25) is 6.79 Å². The number of hydrogen-bond donors (Lipinski definition) is 3. The van der Waals surface area contributed by atoms with Gasteiger partial charge in [0.05, 0.1) is 23.3 Å². The quantitative estimate of drug-likeness (QED) is 0.443. The number of fused-ring (bicyclic) bond motifs is 2. The summed E-state index contributed by atoms with van der Waals surface area (Å²) in [6.07, 6.45) is 5.61. The average molecular weight is 508 g/mol. The van der Waals surface area contributed by atoms with Gasteiger partial charge in [-0.15, -0.1) is 0 Å². The summed E-state index contributed by atoms with van der Waals surface area (Å²) in [5.41, 5.74) is 2.75. The van der Waals surface area contributed by atoms with Crippen molar-refractivity contribution in [3.63, 3.8) is 0 Å². The number of nitrogens with one attached hydrogen (secondary N) is 2. The van der Waals surface area contributed by atoms with Crippen molar-refractivity contribution in [3.8, 4) is 28.5 Å². The first-order valence-electron chi connectivity index (χ1n) is 12.6. The van der Waals surface area contributed by atoms with Crippen molar-refractivity contribution < 1.29 is 28.9 Å². The van der Waals surface area contributed by atoms with Gasteiger partial charge in [-0.2, -0.15) is 0 Å². The van der Waals surface area contributed by atoms with Crippen LogP contribution in [0, 0.1) is 5.92 Å². The van der Waals surface area contributed by atoms with Crippen molar-refractivity contribution in [3.05, 3.63) is 30.2 Å². The van der Waals surface area contributed by atoms with E-state index < -0.39 is 6.10 Å². The van der Waals surface area contributed by atoms with Gasteiger partial charge >= 0.3 is 0 Å².